The summed E-state index contributed by atoms with van der Waals surface area (Å²) < 4.78 is 0. The van der Waals surface area contributed by atoms with E-state index in [2.05, 4.69) is 15.9 Å². The highest BCUT2D eigenvalue weighted by atomic mass is 79.9. The molecular formula is C9H5BrClNO2. The van der Waals surface area contributed by atoms with Crippen molar-refractivity contribution in [3.05, 3.63) is 33.8 Å². The van der Waals surface area contributed by atoms with Gasteiger partial charge in [0, 0.05) is 10.4 Å². The Kier molecular flexibility index (Phi) is 3.50. The van der Waals surface area contributed by atoms with E-state index < -0.39 is 5.97 Å². The topological polar surface area (TPSA) is 61.1 Å². The summed E-state index contributed by atoms with van der Waals surface area (Å²) in [6.45, 7) is 0. The van der Waals surface area contributed by atoms with Crippen LogP contribution < -0.4 is 0 Å². The molecule has 5 heteroatoms. The van der Waals surface area contributed by atoms with Gasteiger partial charge < -0.3 is 5.11 Å². The third-order valence-corrected chi connectivity index (χ3v) is 2.59. The fraction of sp³-hybridized carbons (Fsp3) is 0.111. The first-order valence-electron chi connectivity index (χ1n) is 3.62. The maximum Gasteiger partial charge on any atom is 0.335 e. The number of hydrogen-bond donors (Lipinski definition) is 1. The van der Waals surface area contributed by atoms with Crippen LogP contribution in [0.2, 0.25) is 5.02 Å². The molecule has 0 amide bonds. The summed E-state index contributed by atoms with van der Waals surface area (Å²) in [6.07, 6.45) is 0. The lowest BCUT2D eigenvalue weighted by molar-refractivity contribution is 0.0697. The van der Waals surface area contributed by atoms with Crippen LogP contribution in [0.25, 0.3) is 0 Å². The molecule has 72 valence electrons. The van der Waals surface area contributed by atoms with Crippen molar-refractivity contribution in [1.82, 2.24) is 0 Å². The summed E-state index contributed by atoms with van der Waals surface area (Å²) >= 11 is 8.99. The van der Waals surface area contributed by atoms with Gasteiger partial charge in [-0.15, -0.1) is 0 Å². The molecule has 1 aromatic carbocycles. The summed E-state index contributed by atoms with van der Waals surface area (Å²) in [6, 6.07) is 4.55. The molecule has 14 heavy (non-hydrogen) atoms. The van der Waals surface area contributed by atoms with Gasteiger partial charge >= 0.3 is 5.97 Å². The van der Waals surface area contributed by atoms with Gasteiger partial charge in [0.05, 0.1) is 17.2 Å². The first-order chi connectivity index (χ1) is 6.60. The lowest BCUT2D eigenvalue weighted by atomic mass is 10.1. The molecule has 0 heterocycles. The zero-order valence-electron chi connectivity index (χ0n) is 6.92. The number of carboxylic acid groups (broad SMARTS) is 1. The lowest BCUT2D eigenvalue weighted by Crippen LogP contribution is -1.99. The third-order valence-electron chi connectivity index (χ3n) is 1.70. The molecule has 0 saturated carbocycles. The van der Waals surface area contributed by atoms with Gasteiger partial charge in [-0.1, -0.05) is 27.5 Å². The SMILES string of the molecule is N#Cc1cc(C(=O)O)cc(Cl)c1CBr. The van der Waals surface area contributed by atoms with E-state index in [0.717, 1.165) is 0 Å². The molecule has 0 aliphatic rings. The van der Waals surface area contributed by atoms with Crippen molar-refractivity contribution in [3.63, 3.8) is 0 Å². The monoisotopic (exact) mass is 273 g/mol. The molecule has 0 unspecified atom stereocenters. The number of nitriles is 1. The van der Waals surface area contributed by atoms with Crippen LogP contribution in [0.15, 0.2) is 12.1 Å². The highest BCUT2D eigenvalue weighted by Gasteiger charge is 2.11. The van der Waals surface area contributed by atoms with Crippen LogP contribution in [0.5, 0.6) is 0 Å². The predicted octanol–water partition coefficient (Wildman–Crippen LogP) is 2.80. The summed E-state index contributed by atoms with van der Waals surface area (Å²) in [4.78, 5) is 10.6. The highest BCUT2D eigenvalue weighted by molar-refractivity contribution is 9.08. The Morgan fingerprint density at radius 1 is 1.64 bits per heavy atom. The summed E-state index contributed by atoms with van der Waals surface area (Å²) in [5, 5.41) is 18.2. The molecule has 0 bridgehead atoms. The van der Waals surface area contributed by atoms with E-state index in [9.17, 15) is 4.79 Å². The number of carbonyl (C=O) groups is 1. The molecule has 0 aromatic heterocycles. The predicted molar refractivity (Wildman–Crippen MR) is 55.8 cm³/mol. The number of rotatable bonds is 2. The molecule has 3 nitrogen and oxygen atoms in total. The van der Waals surface area contributed by atoms with Crippen LogP contribution in [0.1, 0.15) is 21.5 Å². The molecule has 0 radical (unpaired) electrons. The standard InChI is InChI=1S/C9H5BrClNO2/c10-3-7-6(4-12)1-5(9(13)14)2-8(7)11/h1-2H,3H2,(H,13,14). The molecule has 0 fully saturated rings. The molecule has 1 N–H and O–H groups in total. The minimum atomic E-state index is -1.09. The fourth-order valence-electron chi connectivity index (χ4n) is 0.996. The molecule has 1 rings (SSSR count). The minimum Gasteiger partial charge on any atom is -0.478 e. The minimum absolute atomic E-state index is 0.0243. The number of carboxylic acids is 1. The second kappa shape index (κ2) is 4.45. The second-order valence-electron chi connectivity index (χ2n) is 2.53. The number of hydrogen-bond acceptors (Lipinski definition) is 2. The van der Waals surface area contributed by atoms with E-state index in [1.165, 1.54) is 12.1 Å². The van der Waals surface area contributed by atoms with Crippen molar-refractivity contribution in [2.24, 2.45) is 0 Å². The van der Waals surface area contributed by atoms with Gasteiger partial charge in [0.25, 0.3) is 0 Å². The van der Waals surface area contributed by atoms with Crippen LogP contribution >= 0.6 is 27.5 Å². The van der Waals surface area contributed by atoms with Crippen molar-refractivity contribution < 1.29 is 9.90 Å². The zero-order valence-corrected chi connectivity index (χ0v) is 9.26. The Labute approximate surface area is 94.0 Å². The number of nitrogens with zero attached hydrogens (tertiary/aromatic N) is 1. The maximum absolute atomic E-state index is 10.6. The third kappa shape index (κ3) is 2.06. The van der Waals surface area contributed by atoms with Gasteiger partial charge in [-0.25, -0.2) is 4.79 Å². The van der Waals surface area contributed by atoms with Crippen molar-refractivity contribution in [1.29, 1.82) is 5.26 Å². The zero-order chi connectivity index (χ0) is 10.7. The quantitative estimate of drug-likeness (QED) is 0.844. The molecule has 0 saturated heterocycles. The Hall–Kier alpha value is -1.05. The molecular weight excluding hydrogens is 269 g/mol. The largest absolute Gasteiger partial charge is 0.478 e. The first-order valence-corrected chi connectivity index (χ1v) is 5.12. The maximum atomic E-state index is 10.6. The molecule has 0 spiro atoms. The van der Waals surface area contributed by atoms with Crippen LogP contribution in [-0.4, -0.2) is 11.1 Å². The van der Waals surface area contributed by atoms with Gasteiger partial charge in [-0.05, 0) is 17.7 Å². The summed E-state index contributed by atoms with van der Waals surface area (Å²) in [5.74, 6) is -1.09. The Morgan fingerprint density at radius 3 is 2.71 bits per heavy atom. The van der Waals surface area contributed by atoms with E-state index in [4.69, 9.17) is 22.0 Å². The molecule has 0 aliphatic carbocycles. The van der Waals surface area contributed by atoms with Gasteiger partial charge in [-0.2, -0.15) is 5.26 Å². The van der Waals surface area contributed by atoms with Crippen molar-refractivity contribution in [2.75, 3.05) is 0 Å². The molecule has 0 atom stereocenters. The van der Waals surface area contributed by atoms with Gasteiger partial charge in [0.15, 0.2) is 0 Å². The average molecular weight is 275 g/mol. The highest BCUT2D eigenvalue weighted by Crippen LogP contribution is 2.24. The average Bonchev–Trinajstić information content (AvgIpc) is 2.16. The van der Waals surface area contributed by atoms with Crippen LogP contribution in [0.4, 0.5) is 0 Å². The number of alkyl halides is 1. The van der Waals surface area contributed by atoms with Crippen LogP contribution in [0.3, 0.4) is 0 Å². The first kappa shape index (κ1) is 11.0. The van der Waals surface area contributed by atoms with E-state index in [1.54, 1.807) is 0 Å². The fourth-order valence-corrected chi connectivity index (χ4v) is 2.05. The smallest absolute Gasteiger partial charge is 0.335 e. The lowest BCUT2D eigenvalue weighted by Gasteiger charge is -2.04. The van der Waals surface area contributed by atoms with Gasteiger partial charge in [0.1, 0.15) is 0 Å². The van der Waals surface area contributed by atoms with Crippen LogP contribution in [-0.2, 0) is 5.33 Å². The van der Waals surface area contributed by atoms with Crippen molar-refractivity contribution in [2.45, 2.75) is 5.33 Å². The number of aromatic carboxylic acids is 1. The second-order valence-corrected chi connectivity index (χ2v) is 3.50. The van der Waals surface area contributed by atoms with E-state index in [-0.39, 0.29) is 11.1 Å². The van der Waals surface area contributed by atoms with Crippen molar-refractivity contribution in [3.8, 4) is 6.07 Å². The Balaban J connectivity index is 3.41. The van der Waals surface area contributed by atoms with E-state index in [0.29, 0.717) is 15.9 Å². The summed E-state index contributed by atoms with van der Waals surface area (Å²) in [7, 11) is 0. The van der Waals surface area contributed by atoms with Crippen molar-refractivity contribution >= 4 is 33.5 Å². The molecule has 0 aliphatic heterocycles. The van der Waals surface area contributed by atoms with Gasteiger partial charge in [0.2, 0.25) is 0 Å². The summed E-state index contributed by atoms with van der Waals surface area (Å²) in [5.41, 5.74) is 0.919. The molecule has 1 aromatic rings. The Bertz CT molecular complexity index is 426. The van der Waals surface area contributed by atoms with Crippen LogP contribution in [0, 0.1) is 11.3 Å². The van der Waals surface area contributed by atoms with Gasteiger partial charge in [-0.3, -0.25) is 0 Å². The van der Waals surface area contributed by atoms with E-state index >= 15 is 0 Å². The number of halogens is 2. The number of benzene rings is 1. The van der Waals surface area contributed by atoms with E-state index in [1.807, 2.05) is 6.07 Å². The Morgan fingerprint density at radius 2 is 2.29 bits per heavy atom. The normalized spacial score (nSPS) is 9.50.